The first-order valence-corrected chi connectivity index (χ1v) is 8.68. The smallest absolute Gasteiger partial charge is 0.254 e. The molecular formula is C20H21F2N3O2. The molecule has 5 nitrogen and oxygen atoms in total. The van der Waals surface area contributed by atoms with Crippen molar-refractivity contribution >= 4 is 17.5 Å². The van der Waals surface area contributed by atoms with Crippen molar-refractivity contribution in [2.75, 3.05) is 45.2 Å². The second kappa shape index (κ2) is 7.73. The Morgan fingerprint density at radius 2 is 1.26 bits per heavy atom. The highest BCUT2D eigenvalue weighted by molar-refractivity contribution is 5.96. The van der Waals surface area contributed by atoms with E-state index in [-0.39, 0.29) is 17.4 Å². The van der Waals surface area contributed by atoms with Crippen LogP contribution in [0, 0.1) is 11.6 Å². The Bertz CT molecular complexity index is 845. The fourth-order valence-corrected chi connectivity index (χ4v) is 3.01. The van der Waals surface area contributed by atoms with E-state index < -0.39 is 11.6 Å². The van der Waals surface area contributed by atoms with Crippen LogP contribution in [0.5, 0.6) is 0 Å². The molecule has 0 radical (unpaired) electrons. The summed E-state index contributed by atoms with van der Waals surface area (Å²) in [6.07, 6.45) is 0. The number of carbonyl (C=O) groups excluding carboxylic acids is 2. The average Bonchev–Trinajstić information content (AvgIpc) is 2.69. The summed E-state index contributed by atoms with van der Waals surface area (Å²) in [6.45, 7) is 1.48. The number of halogens is 2. The summed E-state index contributed by atoms with van der Waals surface area (Å²) in [5.41, 5.74) is 1.71. The molecule has 0 unspecified atom stereocenters. The highest BCUT2D eigenvalue weighted by Gasteiger charge is 2.26. The molecule has 0 N–H and O–H groups in total. The van der Waals surface area contributed by atoms with E-state index in [1.165, 1.54) is 6.07 Å². The van der Waals surface area contributed by atoms with Crippen LogP contribution in [-0.2, 0) is 0 Å². The Morgan fingerprint density at radius 1 is 0.778 bits per heavy atom. The first kappa shape index (κ1) is 18.8. The molecule has 1 aliphatic rings. The molecule has 0 bridgehead atoms. The molecule has 27 heavy (non-hydrogen) atoms. The summed E-state index contributed by atoms with van der Waals surface area (Å²) in [6, 6.07) is 10.5. The molecule has 2 aromatic carbocycles. The van der Waals surface area contributed by atoms with Gasteiger partial charge in [-0.25, -0.2) is 8.78 Å². The van der Waals surface area contributed by atoms with Gasteiger partial charge in [-0.05, 0) is 42.5 Å². The number of carbonyl (C=O) groups is 2. The third-order valence-electron chi connectivity index (χ3n) is 4.65. The van der Waals surface area contributed by atoms with E-state index in [9.17, 15) is 18.4 Å². The van der Waals surface area contributed by atoms with Crippen molar-refractivity contribution in [1.82, 2.24) is 9.80 Å². The quantitative estimate of drug-likeness (QED) is 0.831. The van der Waals surface area contributed by atoms with E-state index in [0.717, 1.165) is 17.8 Å². The highest BCUT2D eigenvalue weighted by atomic mass is 19.2. The van der Waals surface area contributed by atoms with Gasteiger partial charge < -0.3 is 14.7 Å². The van der Waals surface area contributed by atoms with E-state index in [0.29, 0.717) is 31.7 Å². The van der Waals surface area contributed by atoms with Crippen LogP contribution in [0.4, 0.5) is 14.5 Å². The minimum Gasteiger partial charge on any atom is -0.378 e. The zero-order chi connectivity index (χ0) is 19.6. The summed E-state index contributed by atoms with van der Waals surface area (Å²) < 4.78 is 26.4. The number of hydrogen-bond donors (Lipinski definition) is 0. The molecule has 1 aliphatic heterocycles. The number of anilines is 1. The van der Waals surface area contributed by atoms with Gasteiger partial charge in [0.2, 0.25) is 0 Å². The predicted molar refractivity (Wildman–Crippen MR) is 98.9 cm³/mol. The maximum Gasteiger partial charge on any atom is 0.254 e. The van der Waals surface area contributed by atoms with Gasteiger partial charge in [0.05, 0.1) is 0 Å². The lowest BCUT2D eigenvalue weighted by Crippen LogP contribution is -2.50. The van der Waals surface area contributed by atoms with E-state index >= 15 is 0 Å². The predicted octanol–water partition coefficient (Wildman–Crippen LogP) is 2.63. The van der Waals surface area contributed by atoms with Crippen molar-refractivity contribution in [2.24, 2.45) is 0 Å². The fourth-order valence-electron chi connectivity index (χ4n) is 3.01. The molecule has 142 valence electrons. The first-order valence-electron chi connectivity index (χ1n) is 8.68. The second-order valence-corrected chi connectivity index (χ2v) is 6.65. The zero-order valence-electron chi connectivity index (χ0n) is 15.3. The number of rotatable bonds is 3. The number of piperazine rings is 1. The van der Waals surface area contributed by atoms with Crippen LogP contribution >= 0.6 is 0 Å². The van der Waals surface area contributed by atoms with E-state index in [1.807, 2.05) is 31.1 Å². The fraction of sp³-hybridized carbons (Fsp3) is 0.300. The van der Waals surface area contributed by atoms with Crippen molar-refractivity contribution < 1.29 is 18.4 Å². The molecule has 0 atom stereocenters. The van der Waals surface area contributed by atoms with Crippen LogP contribution in [-0.4, -0.2) is 61.9 Å². The third-order valence-corrected chi connectivity index (χ3v) is 4.65. The summed E-state index contributed by atoms with van der Waals surface area (Å²) in [5, 5.41) is 0. The molecule has 2 amide bonds. The Hall–Kier alpha value is -2.96. The van der Waals surface area contributed by atoms with Crippen molar-refractivity contribution in [1.29, 1.82) is 0 Å². The van der Waals surface area contributed by atoms with Gasteiger partial charge >= 0.3 is 0 Å². The Kier molecular flexibility index (Phi) is 5.39. The number of hydrogen-bond acceptors (Lipinski definition) is 3. The van der Waals surface area contributed by atoms with Crippen LogP contribution in [0.25, 0.3) is 0 Å². The van der Waals surface area contributed by atoms with E-state index in [2.05, 4.69) is 0 Å². The normalized spacial score (nSPS) is 14.2. The number of amides is 2. The van der Waals surface area contributed by atoms with Crippen molar-refractivity contribution in [3.63, 3.8) is 0 Å². The lowest BCUT2D eigenvalue weighted by atomic mass is 10.1. The molecule has 1 saturated heterocycles. The van der Waals surface area contributed by atoms with Gasteiger partial charge in [-0.1, -0.05) is 0 Å². The van der Waals surface area contributed by atoms with Crippen LogP contribution < -0.4 is 4.90 Å². The summed E-state index contributed by atoms with van der Waals surface area (Å²) >= 11 is 0. The van der Waals surface area contributed by atoms with Crippen LogP contribution in [0.3, 0.4) is 0 Å². The van der Waals surface area contributed by atoms with Gasteiger partial charge in [-0.15, -0.1) is 0 Å². The molecule has 0 aromatic heterocycles. The van der Waals surface area contributed by atoms with Gasteiger partial charge in [0.1, 0.15) is 0 Å². The largest absolute Gasteiger partial charge is 0.378 e. The van der Waals surface area contributed by atoms with Gasteiger partial charge in [0.15, 0.2) is 11.6 Å². The van der Waals surface area contributed by atoms with Gasteiger partial charge in [-0.3, -0.25) is 9.59 Å². The van der Waals surface area contributed by atoms with Gasteiger partial charge in [-0.2, -0.15) is 0 Å². The van der Waals surface area contributed by atoms with Crippen LogP contribution in [0.1, 0.15) is 20.7 Å². The minimum atomic E-state index is -1.05. The maximum absolute atomic E-state index is 13.3. The Morgan fingerprint density at radius 3 is 1.74 bits per heavy atom. The van der Waals surface area contributed by atoms with Crippen LogP contribution in [0.2, 0.25) is 0 Å². The lowest BCUT2D eigenvalue weighted by Gasteiger charge is -2.35. The summed E-state index contributed by atoms with van der Waals surface area (Å²) in [5.74, 6) is -2.48. The first-order chi connectivity index (χ1) is 12.9. The molecule has 2 aromatic rings. The van der Waals surface area contributed by atoms with Gasteiger partial charge in [0.25, 0.3) is 11.8 Å². The number of nitrogens with zero attached hydrogens (tertiary/aromatic N) is 3. The van der Waals surface area contributed by atoms with Crippen molar-refractivity contribution in [2.45, 2.75) is 0 Å². The maximum atomic E-state index is 13.3. The zero-order valence-corrected chi connectivity index (χ0v) is 15.3. The molecule has 3 rings (SSSR count). The summed E-state index contributed by atoms with van der Waals surface area (Å²) in [7, 11) is 3.86. The second-order valence-electron chi connectivity index (χ2n) is 6.65. The molecule has 1 fully saturated rings. The standard InChI is InChI=1S/C20H21F2N3O2/c1-23(2)16-6-3-14(4-7-16)19(26)24-9-11-25(12-10-24)20(27)15-5-8-17(21)18(22)13-15/h3-8,13H,9-12H2,1-2H3. The number of benzene rings is 2. The van der Waals surface area contributed by atoms with Crippen molar-refractivity contribution in [3.8, 4) is 0 Å². The molecule has 0 saturated carbocycles. The van der Waals surface area contributed by atoms with E-state index in [1.54, 1.807) is 21.9 Å². The SMILES string of the molecule is CN(C)c1ccc(C(=O)N2CCN(C(=O)c3ccc(F)c(F)c3)CC2)cc1. The third kappa shape index (κ3) is 4.07. The summed E-state index contributed by atoms with van der Waals surface area (Å²) in [4.78, 5) is 30.3. The molecule has 7 heteroatoms. The monoisotopic (exact) mass is 373 g/mol. The van der Waals surface area contributed by atoms with Gasteiger partial charge in [0, 0.05) is 57.1 Å². The highest BCUT2D eigenvalue weighted by Crippen LogP contribution is 2.16. The van der Waals surface area contributed by atoms with Crippen LogP contribution in [0.15, 0.2) is 42.5 Å². The minimum absolute atomic E-state index is 0.0831. The van der Waals surface area contributed by atoms with E-state index in [4.69, 9.17) is 0 Å². The molecule has 0 aliphatic carbocycles. The molecular weight excluding hydrogens is 352 g/mol. The topological polar surface area (TPSA) is 43.9 Å². The Balaban J connectivity index is 1.61. The molecule has 1 heterocycles. The lowest BCUT2D eigenvalue weighted by molar-refractivity contribution is 0.0535. The molecule has 0 spiro atoms. The average molecular weight is 373 g/mol. The van der Waals surface area contributed by atoms with Crippen molar-refractivity contribution in [3.05, 3.63) is 65.2 Å². The Labute approximate surface area is 156 Å².